The largest absolute Gasteiger partial charge is 0.425 e. The minimum Gasteiger partial charge on any atom is -0.363 e. The third-order valence-electron chi connectivity index (χ3n) is 4.61. The zero-order chi connectivity index (χ0) is 19.6. The lowest BCUT2D eigenvalue weighted by Gasteiger charge is -2.40. The summed E-state index contributed by atoms with van der Waals surface area (Å²) >= 11 is 0. The Morgan fingerprint density at radius 3 is 1.64 bits per heavy atom. The average molecular weight is 385 g/mol. The van der Waals surface area contributed by atoms with Crippen LogP contribution in [0.25, 0.3) is 0 Å². The molecule has 4 atom stereocenters. The summed E-state index contributed by atoms with van der Waals surface area (Å²) in [5, 5.41) is 0. The van der Waals surface area contributed by atoms with Gasteiger partial charge >= 0.3 is 12.1 Å². The molecule has 25 heavy (non-hydrogen) atoms. The van der Waals surface area contributed by atoms with Crippen LogP contribution in [0.4, 0.5) is 35.1 Å². The molecule has 0 radical (unpaired) electrons. The van der Waals surface area contributed by atoms with E-state index in [0.717, 1.165) is 26.2 Å². The minimum atomic E-state index is -5.81. The topological polar surface area (TPSA) is 12.5 Å². The highest BCUT2D eigenvalue weighted by Gasteiger charge is 2.61. The maximum absolute atomic E-state index is 14.5. The summed E-state index contributed by atoms with van der Waals surface area (Å²) < 4.78 is 110. The van der Waals surface area contributed by atoms with Crippen molar-refractivity contribution in [2.45, 2.75) is 82.5 Å². The van der Waals surface area contributed by atoms with Crippen LogP contribution >= 0.6 is 0 Å². The van der Waals surface area contributed by atoms with Crippen molar-refractivity contribution in [3.05, 3.63) is 0 Å². The van der Waals surface area contributed by atoms with Crippen molar-refractivity contribution in [2.24, 2.45) is 0 Å². The normalized spacial score (nSPS) is 23.2. The molecule has 0 bridgehead atoms. The van der Waals surface area contributed by atoms with Gasteiger partial charge in [0.05, 0.1) is 6.04 Å². The summed E-state index contributed by atoms with van der Waals surface area (Å²) in [5.41, 5.74) is 0. The molecule has 2 nitrogen and oxygen atoms in total. The zero-order valence-electron chi connectivity index (χ0n) is 14.2. The molecule has 0 N–H and O–H groups in total. The van der Waals surface area contributed by atoms with E-state index >= 15 is 0 Å². The van der Waals surface area contributed by atoms with Crippen LogP contribution in [-0.4, -0.2) is 60.4 Å². The molecule has 1 aliphatic heterocycles. The predicted octanol–water partition coefficient (Wildman–Crippen LogP) is 4.83. The quantitative estimate of drug-likeness (QED) is 0.583. The van der Waals surface area contributed by atoms with Crippen molar-refractivity contribution in [3.8, 4) is 0 Å². The molecule has 1 saturated heterocycles. The second kappa shape index (κ2) is 7.94. The first-order valence-corrected chi connectivity index (χ1v) is 8.08. The van der Waals surface area contributed by atoms with Crippen LogP contribution in [0.3, 0.4) is 0 Å². The van der Waals surface area contributed by atoms with Crippen molar-refractivity contribution in [1.29, 1.82) is 0 Å². The highest BCUT2D eigenvalue weighted by molar-refractivity contribution is 4.92. The molecule has 1 heterocycles. The average Bonchev–Trinajstić information content (AvgIpc) is 2.52. The van der Waals surface area contributed by atoms with Crippen molar-refractivity contribution < 1.29 is 39.9 Å². The lowest BCUT2D eigenvalue weighted by atomic mass is 10.0. The van der Waals surface area contributed by atoms with E-state index < -0.39 is 42.4 Å². The van der Waals surface area contributed by atoms with E-state index in [1.54, 1.807) is 0 Å². The van der Waals surface area contributed by atoms with Gasteiger partial charge in [-0.2, -0.15) is 13.2 Å². The van der Waals surface area contributed by atoms with Crippen LogP contribution in [0.2, 0.25) is 0 Å². The first kappa shape index (κ1) is 22.4. The van der Waals surface area contributed by atoms with Crippen molar-refractivity contribution in [2.75, 3.05) is 13.1 Å². The van der Waals surface area contributed by atoms with E-state index in [-0.39, 0.29) is 0 Å². The van der Waals surface area contributed by atoms with Crippen LogP contribution in [0.15, 0.2) is 0 Å². The van der Waals surface area contributed by atoms with Gasteiger partial charge in [-0.25, -0.2) is 22.0 Å². The Morgan fingerprint density at radius 1 is 0.760 bits per heavy atom. The lowest BCUT2D eigenvalue weighted by Crippen LogP contribution is -2.56. The number of rotatable bonds is 7. The molecular weight excluding hydrogens is 362 g/mol. The van der Waals surface area contributed by atoms with Gasteiger partial charge in [-0.15, -0.1) is 0 Å². The van der Waals surface area contributed by atoms with E-state index in [1.807, 2.05) is 0 Å². The van der Waals surface area contributed by atoms with Crippen LogP contribution in [0.1, 0.15) is 40.0 Å². The Balaban J connectivity index is 2.79. The molecule has 1 aliphatic rings. The van der Waals surface area contributed by atoms with Gasteiger partial charge in [0.25, 0.3) is 12.1 Å². The highest BCUT2D eigenvalue weighted by Crippen LogP contribution is 2.40. The summed E-state index contributed by atoms with van der Waals surface area (Å²) in [5.74, 6) is -8.57. The maximum Gasteiger partial charge on any atom is 0.425 e. The Bertz CT molecular complexity index is 422. The Kier molecular flexibility index (Phi) is 7.11. The molecule has 4 unspecified atom stereocenters. The van der Waals surface area contributed by atoms with Gasteiger partial charge in [0.15, 0.2) is 0 Å². The van der Waals surface area contributed by atoms with E-state index in [4.69, 9.17) is 0 Å². The van der Waals surface area contributed by atoms with Gasteiger partial charge in [0.1, 0.15) is 12.2 Å². The van der Waals surface area contributed by atoms with Crippen LogP contribution in [0.5, 0.6) is 0 Å². The van der Waals surface area contributed by atoms with Gasteiger partial charge < -0.3 is 4.74 Å². The number of nitrogens with zero attached hydrogens (tertiary/aromatic N) is 1. The molecule has 0 amide bonds. The predicted molar refractivity (Wildman–Crippen MR) is 75.7 cm³/mol. The number of alkyl halides is 8. The van der Waals surface area contributed by atoms with E-state index in [2.05, 4.69) is 4.74 Å². The summed E-state index contributed by atoms with van der Waals surface area (Å²) in [6.45, 7) is 3.29. The molecule has 0 spiro atoms. The Morgan fingerprint density at radius 2 is 1.20 bits per heavy atom. The second-order valence-electron chi connectivity index (χ2n) is 6.45. The van der Waals surface area contributed by atoms with Gasteiger partial charge in [0, 0.05) is 0 Å². The van der Waals surface area contributed by atoms with Gasteiger partial charge in [-0.05, 0) is 46.7 Å². The van der Waals surface area contributed by atoms with Gasteiger partial charge in [0.2, 0.25) is 0 Å². The molecule has 0 aromatic heterocycles. The van der Waals surface area contributed by atoms with Crippen molar-refractivity contribution >= 4 is 0 Å². The first-order valence-electron chi connectivity index (χ1n) is 8.08. The minimum absolute atomic E-state index is 0.413. The number of halogens is 8. The summed E-state index contributed by atoms with van der Waals surface area (Å²) in [4.78, 5) is 1.49. The molecule has 150 valence electrons. The van der Waals surface area contributed by atoms with E-state index in [9.17, 15) is 35.1 Å². The number of hydrogen-bond acceptors (Lipinski definition) is 2. The molecule has 0 aromatic carbocycles. The van der Waals surface area contributed by atoms with Crippen molar-refractivity contribution in [3.63, 3.8) is 0 Å². The number of piperidine rings is 1. The fourth-order valence-corrected chi connectivity index (χ4v) is 2.80. The van der Waals surface area contributed by atoms with Crippen LogP contribution < -0.4 is 0 Å². The number of likely N-dealkylation sites (tertiary alicyclic amines) is 1. The SMILES string of the molecule is CC(OC(C)C(F)(F)C(F)C(F)(F)F)C(F)(F)C(C)N1CCCCC1. The highest BCUT2D eigenvalue weighted by atomic mass is 19.4. The van der Waals surface area contributed by atoms with E-state index in [1.165, 1.54) is 11.8 Å². The standard InChI is InChI=1S/C15H23F8NO/c1-9(24-7-5-4-6-8-24)13(17,18)10(2)25-11(3)14(19,20)12(16)15(21,22)23/h9-12H,4-8H2,1-3H3. The third-order valence-corrected chi connectivity index (χ3v) is 4.61. The van der Waals surface area contributed by atoms with Crippen LogP contribution in [0, 0.1) is 0 Å². The summed E-state index contributed by atoms with van der Waals surface area (Å²) in [6, 6.07) is -1.34. The Hall–Kier alpha value is -0.640. The molecule has 0 saturated carbocycles. The monoisotopic (exact) mass is 385 g/mol. The second-order valence-corrected chi connectivity index (χ2v) is 6.45. The molecule has 0 aromatic rings. The molecule has 10 heteroatoms. The third kappa shape index (κ3) is 5.18. The molecule has 0 aliphatic carbocycles. The van der Waals surface area contributed by atoms with Crippen LogP contribution in [-0.2, 0) is 4.74 Å². The summed E-state index contributed by atoms with van der Waals surface area (Å²) in [6.07, 6.45) is -12.7. The first-order chi connectivity index (χ1) is 11.2. The number of ether oxygens (including phenoxy) is 1. The van der Waals surface area contributed by atoms with Gasteiger partial charge in [-0.1, -0.05) is 6.42 Å². The fourth-order valence-electron chi connectivity index (χ4n) is 2.80. The molecule has 1 rings (SSSR count). The molecule has 1 fully saturated rings. The fraction of sp³-hybridized carbons (Fsp3) is 1.00. The number of hydrogen-bond donors (Lipinski definition) is 0. The lowest BCUT2D eigenvalue weighted by molar-refractivity contribution is -0.286. The maximum atomic E-state index is 14.5. The zero-order valence-corrected chi connectivity index (χ0v) is 14.2. The smallest absolute Gasteiger partial charge is 0.363 e. The van der Waals surface area contributed by atoms with Gasteiger partial charge in [-0.3, -0.25) is 4.90 Å². The summed E-state index contributed by atoms with van der Waals surface area (Å²) in [7, 11) is 0. The van der Waals surface area contributed by atoms with Crippen molar-refractivity contribution in [1.82, 2.24) is 4.90 Å². The molecular formula is C15H23F8NO. The van der Waals surface area contributed by atoms with E-state index in [0.29, 0.717) is 20.0 Å². The Labute approximate surface area is 141 Å².